The van der Waals surface area contributed by atoms with Crippen molar-refractivity contribution in [3.8, 4) is 0 Å². The van der Waals surface area contributed by atoms with E-state index in [1.54, 1.807) is 18.2 Å². The summed E-state index contributed by atoms with van der Waals surface area (Å²) >= 11 is 8.78. The van der Waals surface area contributed by atoms with E-state index in [1.165, 1.54) is 0 Å². The molecule has 1 aromatic heterocycles. The molecule has 0 fully saturated rings. The number of rotatable bonds is 4. The van der Waals surface area contributed by atoms with Gasteiger partial charge in [-0.2, -0.15) is 0 Å². The lowest BCUT2D eigenvalue weighted by Crippen LogP contribution is -2.44. The molecule has 0 aliphatic heterocycles. The van der Waals surface area contributed by atoms with Crippen molar-refractivity contribution in [2.45, 2.75) is 13.0 Å². The average molecular weight is 308 g/mol. The van der Waals surface area contributed by atoms with Crippen LogP contribution in [0.25, 0.3) is 0 Å². The van der Waals surface area contributed by atoms with Gasteiger partial charge in [0.25, 0.3) is 0 Å². The van der Waals surface area contributed by atoms with Crippen LogP contribution in [0, 0.1) is 0 Å². The second-order valence-corrected chi connectivity index (χ2v) is 4.25. The zero-order valence-corrected chi connectivity index (χ0v) is 11.0. The van der Waals surface area contributed by atoms with Gasteiger partial charge in [0.05, 0.1) is 0 Å². The van der Waals surface area contributed by atoms with Crippen LogP contribution in [0.2, 0.25) is 0 Å². The Balaban J connectivity index is 2.37. The van der Waals surface area contributed by atoms with E-state index >= 15 is 0 Å². The fourth-order valence-electron chi connectivity index (χ4n) is 0.897. The van der Waals surface area contributed by atoms with Crippen LogP contribution in [0.15, 0.2) is 22.8 Å². The van der Waals surface area contributed by atoms with Crippen molar-refractivity contribution >= 4 is 39.4 Å². The third-order valence-electron chi connectivity index (χ3n) is 1.63. The average Bonchev–Trinajstić information content (AvgIpc) is 2.26. The molecule has 1 rings (SSSR count). The third kappa shape index (κ3) is 4.67. The van der Waals surface area contributed by atoms with Crippen LogP contribution >= 0.6 is 27.5 Å². The molecule has 0 saturated carbocycles. The van der Waals surface area contributed by atoms with E-state index in [2.05, 4.69) is 37.1 Å². The number of pyridine rings is 1. The quantitative estimate of drug-likeness (QED) is 0.453. The van der Waals surface area contributed by atoms with Crippen LogP contribution in [-0.4, -0.2) is 22.9 Å². The van der Waals surface area contributed by atoms with E-state index in [0.717, 1.165) is 0 Å². The molecule has 7 heteroatoms. The second kappa shape index (κ2) is 6.55. The largest absolute Gasteiger partial charge is 0.333 e. The van der Waals surface area contributed by atoms with E-state index in [1.807, 2.05) is 6.92 Å². The van der Waals surface area contributed by atoms with E-state index in [4.69, 9.17) is 11.6 Å². The van der Waals surface area contributed by atoms with Gasteiger partial charge in [-0.3, -0.25) is 10.9 Å². The Hall–Kier alpha value is -1.01. The van der Waals surface area contributed by atoms with Gasteiger partial charge in [0.1, 0.15) is 10.4 Å². The summed E-state index contributed by atoms with van der Waals surface area (Å²) < 4.78 is 0.689. The van der Waals surface area contributed by atoms with E-state index < -0.39 is 0 Å². The predicted molar refractivity (Wildman–Crippen MR) is 67.4 cm³/mol. The van der Waals surface area contributed by atoms with Crippen molar-refractivity contribution < 1.29 is 4.79 Å². The molecule has 0 bridgehead atoms. The second-order valence-electron chi connectivity index (χ2n) is 3.12. The van der Waals surface area contributed by atoms with Crippen molar-refractivity contribution in [2.75, 3.05) is 11.3 Å². The SMILES string of the molecule is CC(CCl)NC(=O)NNc1cccc(Br)n1. The van der Waals surface area contributed by atoms with Gasteiger partial charge in [-0.15, -0.1) is 11.6 Å². The summed E-state index contributed by atoms with van der Waals surface area (Å²) in [6.07, 6.45) is 0. The molecule has 2 amide bonds. The van der Waals surface area contributed by atoms with E-state index in [0.29, 0.717) is 16.3 Å². The molecule has 1 unspecified atom stereocenters. The third-order valence-corrected chi connectivity index (χ3v) is 2.53. The summed E-state index contributed by atoms with van der Waals surface area (Å²) in [6, 6.07) is 4.89. The minimum atomic E-state index is -0.352. The topological polar surface area (TPSA) is 66.1 Å². The van der Waals surface area contributed by atoms with Crippen LogP contribution in [0.3, 0.4) is 0 Å². The molecule has 5 nitrogen and oxygen atoms in total. The molecule has 1 heterocycles. The summed E-state index contributed by atoms with van der Waals surface area (Å²) in [5.74, 6) is 0.908. The van der Waals surface area contributed by atoms with E-state index in [-0.39, 0.29) is 12.1 Å². The Kier molecular flexibility index (Phi) is 5.34. The Labute approximate surface area is 107 Å². The predicted octanol–water partition coefficient (Wildman–Crippen LogP) is 2.10. The number of nitrogens with one attached hydrogen (secondary N) is 3. The minimum Gasteiger partial charge on any atom is -0.333 e. The number of anilines is 1. The van der Waals surface area contributed by atoms with Gasteiger partial charge in [-0.05, 0) is 35.0 Å². The Bertz CT molecular complexity index is 363. The molecule has 1 atom stereocenters. The molecule has 0 radical (unpaired) electrons. The number of urea groups is 1. The molecule has 16 heavy (non-hydrogen) atoms. The van der Waals surface area contributed by atoms with Crippen LogP contribution in [0.5, 0.6) is 0 Å². The fraction of sp³-hybridized carbons (Fsp3) is 0.333. The molecule has 0 saturated heterocycles. The number of aromatic nitrogens is 1. The highest BCUT2D eigenvalue weighted by atomic mass is 79.9. The Morgan fingerprint density at radius 1 is 1.62 bits per heavy atom. The van der Waals surface area contributed by atoms with Gasteiger partial charge >= 0.3 is 6.03 Å². The van der Waals surface area contributed by atoms with Crippen molar-refractivity contribution in [3.63, 3.8) is 0 Å². The first-order valence-electron chi connectivity index (χ1n) is 4.63. The van der Waals surface area contributed by atoms with Crippen molar-refractivity contribution in [1.29, 1.82) is 0 Å². The number of carbonyl (C=O) groups is 1. The van der Waals surface area contributed by atoms with Crippen molar-refractivity contribution in [2.24, 2.45) is 0 Å². The van der Waals surface area contributed by atoms with Crippen molar-refractivity contribution in [3.05, 3.63) is 22.8 Å². The maximum atomic E-state index is 11.3. The molecule has 0 aliphatic carbocycles. The molecule has 0 aliphatic rings. The number of alkyl halides is 1. The maximum Gasteiger partial charge on any atom is 0.333 e. The van der Waals surface area contributed by atoms with Gasteiger partial charge in [-0.25, -0.2) is 9.78 Å². The molecule has 1 aromatic rings. The standard InChI is InChI=1S/C9H12BrClN4O/c1-6(5-11)12-9(16)15-14-8-4-2-3-7(10)13-8/h2-4,6H,5H2,1H3,(H,13,14)(H2,12,15,16). The highest BCUT2D eigenvalue weighted by Crippen LogP contribution is 2.08. The number of hydrogen-bond acceptors (Lipinski definition) is 3. The first-order valence-corrected chi connectivity index (χ1v) is 5.95. The lowest BCUT2D eigenvalue weighted by molar-refractivity contribution is 0.240. The van der Waals surface area contributed by atoms with Gasteiger partial charge < -0.3 is 5.32 Å². The number of halogens is 2. The summed E-state index contributed by atoms with van der Waals surface area (Å²) in [7, 11) is 0. The lowest BCUT2D eigenvalue weighted by atomic mass is 10.4. The molecular formula is C9H12BrClN4O. The van der Waals surface area contributed by atoms with E-state index in [9.17, 15) is 4.79 Å². The van der Waals surface area contributed by atoms with Crippen LogP contribution < -0.4 is 16.2 Å². The number of hydrogen-bond donors (Lipinski definition) is 3. The fourth-order valence-corrected chi connectivity index (χ4v) is 1.32. The zero-order valence-electron chi connectivity index (χ0n) is 8.63. The number of amides is 2. The summed E-state index contributed by atoms with van der Waals surface area (Å²) in [5.41, 5.74) is 5.12. The zero-order chi connectivity index (χ0) is 12.0. The summed E-state index contributed by atoms with van der Waals surface area (Å²) in [5, 5.41) is 2.63. The van der Waals surface area contributed by atoms with Crippen LogP contribution in [0.1, 0.15) is 6.92 Å². The van der Waals surface area contributed by atoms with Crippen molar-refractivity contribution in [1.82, 2.24) is 15.7 Å². The number of nitrogens with zero attached hydrogens (tertiary/aromatic N) is 1. The normalized spacial score (nSPS) is 11.7. The smallest absolute Gasteiger partial charge is 0.333 e. The molecule has 0 aromatic carbocycles. The Morgan fingerprint density at radius 2 is 2.38 bits per heavy atom. The monoisotopic (exact) mass is 306 g/mol. The van der Waals surface area contributed by atoms with Gasteiger partial charge in [0, 0.05) is 11.9 Å². The highest BCUT2D eigenvalue weighted by Gasteiger charge is 2.04. The lowest BCUT2D eigenvalue weighted by Gasteiger charge is -2.12. The first kappa shape index (κ1) is 13.1. The summed E-state index contributed by atoms with van der Waals surface area (Å²) in [6.45, 7) is 1.81. The highest BCUT2D eigenvalue weighted by molar-refractivity contribution is 9.10. The minimum absolute atomic E-state index is 0.0843. The molecule has 3 N–H and O–H groups in total. The molecule has 88 valence electrons. The Morgan fingerprint density at radius 3 is 3.00 bits per heavy atom. The van der Waals surface area contributed by atoms with Gasteiger partial charge in [-0.1, -0.05) is 6.07 Å². The molecular weight excluding hydrogens is 295 g/mol. The first-order chi connectivity index (χ1) is 7.61. The number of hydrazine groups is 1. The van der Waals surface area contributed by atoms with Gasteiger partial charge in [0.15, 0.2) is 0 Å². The van der Waals surface area contributed by atoms with Gasteiger partial charge in [0.2, 0.25) is 0 Å². The van der Waals surface area contributed by atoms with Crippen LogP contribution in [0.4, 0.5) is 10.6 Å². The molecule has 0 spiro atoms. The maximum absolute atomic E-state index is 11.3. The summed E-state index contributed by atoms with van der Waals surface area (Å²) in [4.78, 5) is 15.4. The number of carbonyl (C=O) groups excluding carboxylic acids is 1. The van der Waals surface area contributed by atoms with Crippen LogP contribution in [-0.2, 0) is 0 Å².